The average Bonchev–Trinajstić information content (AvgIpc) is 3.17. The zero-order valence-electron chi connectivity index (χ0n) is 22.6. The fourth-order valence-electron chi connectivity index (χ4n) is 7.92. The number of hydrogen-bond donors (Lipinski definition) is 3. The molecule has 9 atom stereocenters. The molecule has 0 aromatic rings. The zero-order chi connectivity index (χ0) is 27.0. The summed E-state index contributed by atoms with van der Waals surface area (Å²) in [6, 6.07) is -0.572. The molecule has 2 saturated carbocycles. The molecule has 0 aromatic carbocycles. The van der Waals surface area contributed by atoms with Gasteiger partial charge in [-0.3, -0.25) is 14.4 Å². The third-order valence-electron chi connectivity index (χ3n) is 9.67. The Hall–Kier alpha value is -2.03. The maximum Gasteiger partial charge on any atom is 0.323 e. The maximum absolute atomic E-state index is 13.4. The van der Waals surface area contributed by atoms with Gasteiger partial charge >= 0.3 is 11.9 Å². The minimum atomic E-state index is -1.45. The van der Waals surface area contributed by atoms with E-state index in [1.165, 1.54) is 6.92 Å². The number of nitrogens with one attached hydrogen (secondary N) is 1. The van der Waals surface area contributed by atoms with Gasteiger partial charge in [-0.2, -0.15) is 0 Å². The summed E-state index contributed by atoms with van der Waals surface area (Å²) in [5, 5.41) is 25.8. The van der Waals surface area contributed by atoms with Crippen LogP contribution in [0.4, 0.5) is 0 Å². The van der Waals surface area contributed by atoms with Gasteiger partial charge in [-0.25, -0.2) is 0 Å². The number of likely N-dealkylation sites (N-methyl/N-ethyl adjacent to an activating group) is 1. The number of ketones is 1. The Kier molecular flexibility index (Phi) is 6.59. The molecule has 0 aromatic heterocycles. The number of allylic oxidation sites excluding steroid dienone is 1. The fraction of sp³-hybridized carbons (Fsp3) is 0.750. The SMILES string of the molecule is CN[C@H](C(=O)O[C@@H]1[C@@H](C)[C@]2(O)[C@@H]3C=C(C)C(=O)[C@@H]3CC(CO)=C[C@H]2[C@@H]2C(C)(C)[C@]12OC(C)=O)C(C)C. The third kappa shape index (κ3) is 3.47. The molecule has 8 nitrogen and oxygen atoms in total. The molecular formula is C28H41NO7. The predicted molar refractivity (Wildman–Crippen MR) is 132 cm³/mol. The molecule has 0 saturated heterocycles. The number of fused-ring (bicyclic) bond motifs is 5. The van der Waals surface area contributed by atoms with Crippen molar-refractivity contribution in [3.05, 3.63) is 23.3 Å². The summed E-state index contributed by atoms with van der Waals surface area (Å²) in [6.07, 6.45) is 3.18. The molecular weight excluding hydrogens is 462 g/mol. The van der Waals surface area contributed by atoms with Gasteiger partial charge in [0.1, 0.15) is 12.1 Å². The first-order valence-electron chi connectivity index (χ1n) is 13.0. The molecule has 36 heavy (non-hydrogen) atoms. The summed E-state index contributed by atoms with van der Waals surface area (Å²) >= 11 is 0. The normalized spacial score (nSPS) is 41.2. The van der Waals surface area contributed by atoms with Crippen molar-refractivity contribution in [3.63, 3.8) is 0 Å². The standard InChI is InChI=1S/C28H41NO7/c1-13(2)21(29-8)25(33)35-24-15(4)27(34)19-9-14(3)22(32)18(19)10-17(12-30)11-20(27)23-26(6,7)28(23,24)36-16(5)31/h9,11,13,15,18-21,23-24,29-30,34H,10,12H2,1-8H3/t15-,18-,19-,20+,21+,23-,24-,27+,28-/m1/s1. The van der Waals surface area contributed by atoms with E-state index >= 15 is 0 Å². The molecule has 8 heteroatoms. The molecule has 0 aliphatic heterocycles. The molecule has 0 unspecified atom stereocenters. The highest BCUT2D eigenvalue weighted by Crippen LogP contribution is 2.76. The Morgan fingerprint density at radius 1 is 1.22 bits per heavy atom. The van der Waals surface area contributed by atoms with Gasteiger partial charge in [-0.1, -0.05) is 46.8 Å². The first kappa shape index (κ1) is 27.0. The first-order chi connectivity index (χ1) is 16.7. The molecule has 0 heterocycles. The number of hydrogen-bond acceptors (Lipinski definition) is 8. The molecule has 200 valence electrons. The third-order valence-corrected chi connectivity index (χ3v) is 9.67. The number of carbonyl (C=O) groups is 3. The number of aliphatic hydroxyl groups excluding tert-OH is 1. The highest BCUT2D eigenvalue weighted by molar-refractivity contribution is 6.00. The van der Waals surface area contributed by atoms with E-state index in [0.29, 0.717) is 17.6 Å². The minimum absolute atomic E-state index is 0.0314. The summed E-state index contributed by atoms with van der Waals surface area (Å²) in [5.74, 6) is -3.57. The summed E-state index contributed by atoms with van der Waals surface area (Å²) < 4.78 is 12.3. The summed E-state index contributed by atoms with van der Waals surface area (Å²) in [4.78, 5) is 38.9. The van der Waals surface area contributed by atoms with Crippen LogP contribution >= 0.6 is 0 Å². The van der Waals surface area contributed by atoms with E-state index in [2.05, 4.69) is 5.32 Å². The summed E-state index contributed by atoms with van der Waals surface area (Å²) in [7, 11) is 1.69. The van der Waals surface area contributed by atoms with Gasteiger partial charge in [0.25, 0.3) is 0 Å². The van der Waals surface area contributed by atoms with Crippen molar-refractivity contribution in [3.8, 4) is 0 Å². The van der Waals surface area contributed by atoms with Gasteiger partial charge in [-0.05, 0) is 37.5 Å². The fourth-order valence-corrected chi connectivity index (χ4v) is 7.92. The van der Waals surface area contributed by atoms with E-state index < -0.39 is 64.4 Å². The van der Waals surface area contributed by atoms with Crippen molar-refractivity contribution in [2.24, 2.45) is 40.9 Å². The van der Waals surface area contributed by atoms with Gasteiger partial charge < -0.3 is 25.0 Å². The van der Waals surface area contributed by atoms with Crippen molar-refractivity contribution in [1.29, 1.82) is 0 Å². The lowest BCUT2D eigenvalue weighted by atomic mass is 9.59. The van der Waals surface area contributed by atoms with E-state index in [1.54, 1.807) is 14.0 Å². The number of aliphatic hydroxyl groups is 2. The van der Waals surface area contributed by atoms with E-state index in [9.17, 15) is 24.6 Å². The van der Waals surface area contributed by atoms with Crippen LogP contribution in [0.2, 0.25) is 0 Å². The topological polar surface area (TPSA) is 122 Å². The van der Waals surface area contributed by atoms with Crippen molar-refractivity contribution in [1.82, 2.24) is 5.32 Å². The lowest BCUT2D eigenvalue weighted by Gasteiger charge is -2.52. The van der Waals surface area contributed by atoms with Crippen LogP contribution in [0.25, 0.3) is 0 Å². The van der Waals surface area contributed by atoms with E-state index in [-0.39, 0.29) is 24.2 Å². The van der Waals surface area contributed by atoms with Crippen molar-refractivity contribution >= 4 is 17.7 Å². The quantitative estimate of drug-likeness (QED) is 0.372. The number of carbonyl (C=O) groups excluding carboxylic acids is 3. The van der Waals surface area contributed by atoms with E-state index in [1.807, 2.05) is 46.8 Å². The lowest BCUT2D eigenvalue weighted by molar-refractivity contribution is -0.221. The Balaban J connectivity index is 1.89. The Morgan fingerprint density at radius 3 is 2.39 bits per heavy atom. The number of ether oxygens (including phenoxy) is 2. The van der Waals surface area contributed by atoms with Crippen LogP contribution in [0.3, 0.4) is 0 Å². The van der Waals surface area contributed by atoms with Crippen LogP contribution in [0.5, 0.6) is 0 Å². The van der Waals surface area contributed by atoms with Crippen molar-refractivity contribution < 1.29 is 34.1 Å². The van der Waals surface area contributed by atoms with Gasteiger partial charge in [0, 0.05) is 41.9 Å². The molecule has 3 N–H and O–H groups in total. The Morgan fingerprint density at radius 2 is 1.86 bits per heavy atom. The largest absolute Gasteiger partial charge is 0.456 e. The van der Waals surface area contributed by atoms with Crippen LogP contribution in [0, 0.1) is 40.9 Å². The highest BCUT2D eigenvalue weighted by Gasteiger charge is 2.87. The van der Waals surface area contributed by atoms with Gasteiger partial charge in [0.2, 0.25) is 0 Å². The van der Waals surface area contributed by atoms with E-state index in [0.717, 1.165) is 0 Å². The maximum atomic E-state index is 13.4. The Bertz CT molecular complexity index is 1030. The molecule has 0 spiro atoms. The second kappa shape index (κ2) is 8.77. The monoisotopic (exact) mass is 503 g/mol. The zero-order valence-corrected chi connectivity index (χ0v) is 22.6. The van der Waals surface area contributed by atoms with Crippen LogP contribution < -0.4 is 5.32 Å². The molecule has 4 aliphatic rings. The molecule has 2 fully saturated rings. The van der Waals surface area contributed by atoms with Crippen molar-refractivity contribution in [2.45, 2.75) is 78.2 Å². The number of Topliss-reactive ketones (excluding diaryl/α,β-unsaturated/α-hetero) is 1. The van der Waals surface area contributed by atoms with Crippen molar-refractivity contribution in [2.75, 3.05) is 13.7 Å². The van der Waals surface area contributed by atoms with Crippen LogP contribution in [-0.2, 0) is 23.9 Å². The minimum Gasteiger partial charge on any atom is -0.456 e. The van der Waals surface area contributed by atoms with E-state index in [4.69, 9.17) is 9.47 Å². The molecule has 4 aliphatic carbocycles. The second-order valence-corrected chi connectivity index (χ2v) is 12.2. The molecule has 4 rings (SSSR count). The highest BCUT2D eigenvalue weighted by atomic mass is 16.6. The number of esters is 2. The first-order valence-corrected chi connectivity index (χ1v) is 13.0. The molecule has 0 bridgehead atoms. The van der Waals surface area contributed by atoms with Crippen LogP contribution in [0.1, 0.15) is 54.9 Å². The van der Waals surface area contributed by atoms with Gasteiger partial charge in [-0.15, -0.1) is 0 Å². The molecule has 0 radical (unpaired) electrons. The predicted octanol–water partition coefficient (Wildman–Crippen LogP) is 2.18. The lowest BCUT2D eigenvalue weighted by Crippen LogP contribution is -2.64. The summed E-state index contributed by atoms with van der Waals surface area (Å²) in [5.41, 5.74) is -1.93. The Labute approximate surface area is 213 Å². The van der Waals surface area contributed by atoms with Crippen LogP contribution in [-0.4, -0.2) is 64.9 Å². The average molecular weight is 504 g/mol. The van der Waals surface area contributed by atoms with Gasteiger partial charge in [0.05, 0.1) is 12.2 Å². The van der Waals surface area contributed by atoms with Crippen LogP contribution in [0.15, 0.2) is 23.3 Å². The molecule has 0 amide bonds. The smallest absolute Gasteiger partial charge is 0.323 e. The summed E-state index contributed by atoms with van der Waals surface area (Å²) in [6.45, 7) is 12.5. The van der Waals surface area contributed by atoms with Gasteiger partial charge in [0.15, 0.2) is 11.4 Å². The second-order valence-electron chi connectivity index (χ2n) is 12.2. The number of rotatable bonds is 6.